The molecule has 1 atom stereocenters. The number of thiophene rings is 1. The Balaban J connectivity index is 1.75. The molecule has 160 valence electrons. The molecule has 0 N–H and O–H groups in total. The molecule has 8 heteroatoms. The molecule has 6 nitrogen and oxygen atoms in total. The highest BCUT2D eigenvalue weighted by molar-refractivity contribution is 7.10. The first kappa shape index (κ1) is 22.3. The Morgan fingerprint density at radius 2 is 2.10 bits per heavy atom. The molecule has 2 amide bonds. The van der Waals surface area contributed by atoms with Crippen LogP contribution >= 0.6 is 22.9 Å². The summed E-state index contributed by atoms with van der Waals surface area (Å²) in [7, 11) is 1.46. The van der Waals surface area contributed by atoms with E-state index in [1.54, 1.807) is 46.6 Å². The number of halogens is 1. The van der Waals surface area contributed by atoms with Gasteiger partial charge < -0.3 is 19.3 Å². The Labute approximate surface area is 185 Å². The molecule has 1 aromatic heterocycles. The van der Waals surface area contributed by atoms with Crippen molar-refractivity contribution in [3.8, 4) is 5.75 Å². The number of nitrogens with zero attached hydrogens (tertiary/aromatic N) is 2. The number of hydrogen-bond acceptors (Lipinski definition) is 5. The van der Waals surface area contributed by atoms with Gasteiger partial charge in [-0.2, -0.15) is 0 Å². The summed E-state index contributed by atoms with van der Waals surface area (Å²) in [4.78, 5) is 30.0. The zero-order valence-electron chi connectivity index (χ0n) is 16.9. The topological polar surface area (TPSA) is 59.1 Å². The zero-order valence-corrected chi connectivity index (χ0v) is 18.5. The molecule has 1 aliphatic heterocycles. The van der Waals surface area contributed by atoms with Gasteiger partial charge >= 0.3 is 0 Å². The minimum Gasteiger partial charge on any atom is -0.491 e. The van der Waals surface area contributed by atoms with E-state index < -0.39 is 0 Å². The minimum absolute atomic E-state index is 0.0227. The molecule has 0 unspecified atom stereocenters. The average Bonchev–Trinajstić information content (AvgIpc) is 3.22. The number of hydrogen-bond donors (Lipinski definition) is 0. The molecule has 2 heterocycles. The van der Waals surface area contributed by atoms with Crippen LogP contribution in [-0.2, 0) is 20.7 Å². The van der Waals surface area contributed by atoms with Gasteiger partial charge in [-0.25, -0.2) is 0 Å². The molecular weight excluding hydrogens is 424 g/mol. The second-order valence-corrected chi connectivity index (χ2v) is 8.35. The number of benzene rings is 1. The first-order chi connectivity index (χ1) is 14.5. The molecule has 1 aliphatic rings. The summed E-state index contributed by atoms with van der Waals surface area (Å²) >= 11 is 7.64. The van der Waals surface area contributed by atoms with Crippen molar-refractivity contribution in [2.75, 3.05) is 40.0 Å². The SMILES string of the molecule is C=CCN(CC(=O)N1CCc2sccc2[C@H]1COc1ccc(Cl)cc1)C(=O)COC. The maximum atomic E-state index is 13.2. The lowest BCUT2D eigenvalue weighted by atomic mass is 10.0. The van der Waals surface area contributed by atoms with Gasteiger partial charge in [0.1, 0.15) is 25.5 Å². The van der Waals surface area contributed by atoms with Crippen LogP contribution in [0.2, 0.25) is 5.02 Å². The van der Waals surface area contributed by atoms with Crippen molar-refractivity contribution >= 4 is 34.8 Å². The Hall–Kier alpha value is -2.35. The largest absolute Gasteiger partial charge is 0.491 e. The highest BCUT2D eigenvalue weighted by Gasteiger charge is 2.33. The number of rotatable bonds is 9. The predicted molar refractivity (Wildman–Crippen MR) is 118 cm³/mol. The maximum absolute atomic E-state index is 13.2. The van der Waals surface area contributed by atoms with Gasteiger partial charge in [-0.05, 0) is 47.7 Å². The molecule has 0 spiro atoms. The number of ether oxygens (including phenoxy) is 2. The summed E-state index contributed by atoms with van der Waals surface area (Å²) in [6, 6.07) is 8.98. The van der Waals surface area contributed by atoms with Crippen LogP contribution in [0.25, 0.3) is 0 Å². The van der Waals surface area contributed by atoms with E-state index in [1.807, 2.05) is 11.4 Å². The molecule has 0 bridgehead atoms. The van der Waals surface area contributed by atoms with E-state index in [0.717, 1.165) is 12.0 Å². The molecule has 1 aromatic carbocycles. The highest BCUT2D eigenvalue weighted by Crippen LogP contribution is 2.34. The Bertz CT molecular complexity index is 884. The summed E-state index contributed by atoms with van der Waals surface area (Å²) in [6.45, 7) is 4.79. The molecule has 0 fully saturated rings. The smallest absolute Gasteiger partial charge is 0.249 e. The molecule has 30 heavy (non-hydrogen) atoms. The quantitative estimate of drug-likeness (QED) is 0.550. The summed E-state index contributed by atoms with van der Waals surface area (Å²) in [5.41, 5.74) is 1.10. The van der Waals surface area contributed by atoms with Crippen LogP contribution in [0, 0.1) is 0 Å². The van der Waals surface area contributed by atoms with Crippen molar-refractivity contribution in [1.29, 1.82) is 0 Å². The predicted octanol–water partition coefficient (Wildman–Crippen LogP) is 3.57. The van der Waals surface area contributed by atoms with Crippen molar-refractivity contribution in [2.45, 2.75) is 12.5 Å². The number of fused-ring (bicyclic) bond motifs is 1. The number of carbonyl (C=O) groups is 2. The molecule has 3 rings (SSSR count). The van der Waals surface area contributed by atoms with E-state index in [0.29, 0.717) is 23.9 Å². The van der Waals surface area contributed by atoms with Crippen molar-refractivity contribution in [3.05, 3.63) is 63.8 Å². The second kappa shape index (κ2) is 10.6. The third kappa shape index (κ3) is 5.41. The van der Waals surface area contributed by atoms with Gasteiger partial charge in [0.2, 0.25) is 11.8 Å². The van der Waals surface area contributed by atoms with Crippen molar-refractivity contribution in [1.82, 2.24) is 9.80 Å². The summed E-state index contributed by atoms with van der Waals surface area (Å²) in [6.07, 6.45) is 2.40. The lowest BCUT2D eigenvalue weighted by molar-refractivity contribution is -0.144. The van der Waals surface area contributed by atoms with Crippen molar-refractivity contribution in [2.24, 2.45) is 0 Å². The molecule has 0 radical (unpaired) electrons. The number of amides is 2. The van der Waals surface area contributed by atoms with Crippen molar-refractivity contribution in [3.63, 3.8) is 0 Å². The Morgan fingerprint density at radius 1 is 1.33 bits per heavy atom. The fraction of sp³-hybridized carbons (Fsp3) is 0.364. The van der Waals surface area contributed by atoms with Gasteiger partial charge in [0.05, 0.1) is 6.04 Å². The van der Waals surface area contributed by atoms with Crippen LogP contribution in [0.1, 0.15) is 16.5 Å². The van der Waals surface area contributed by atoms with Crippen LogP contribution in [0.3, 0.4) is 0 Å². The minimum atomic E-state index is -0.243. The average molecular weight is 449 g/mol. The van der Waals surface area contributed by atoms with Crippen molar-refractivity contribution < 1.29 is 19.1 Å². The van der Waals surface area contributed by atoms with E-state index >= 15 is 0 Å². The molecule has 0 saturated carbocycles. The van der Waals surface area contributed by atoms with Crippen LogP contribution in [-0.4, -0.2) is 61.6 Å². The molecular formula is C22H25ClN2O4S. The van der Waals surface area contributed by atoms with Crippen LogP contribution in [0.15, 0.2) is 48.4 Å². The Kier molecular flexibility index (Phi) is 7.90. The fourth-order valence-electron chi connectivity index (χ4n) is 3.46. The van der Waals surface area contributed by atoms with Gasteiger partial charge in [-0.15, -0.1) is 17.9 Å². The van der Waals surface area contributed by atoms with Gasteiger partial charge in [-0.3, -0.25) is 9.59 Å². The fourth-order valence-corrected chi connectivity index (χ4v) is 4.51. The van der Waals surface area contributed by atoms with Crippen LogP contribution in [0.5, 0.6) is 5.75 Å². The van der Waals surface area contributed by atoms with Gasteiger partial charge in [0.15, 0.2) is 0 Å². The van der Waals surface area contributed by atoms with Crippen LogP contribution < -0.4 is 4.74 Å². The van der Waals surface area contributed by atoms with Gasteiger partial charge in [0.25, 0.3) is 0 Å². The Morgan fingerprint density at radius 3 is 2.80 bits per heavy atom. The van der Waals surface area contributed by atoms with E-state index in [9.17, 15) is 9.59 Å². The van der Waals surface area contributed by atoms with E-state index in [4.69, 9.17) is 21.1 Å². The lowest BCUT2D eigenvalue weighted by Gasteiger charge is -2.37. The zero-order chi connectivity index (χ0) is 21.5. The number of methoxy groups -OCH3 is 1. The summed E-state index contributed by atoms with van der Waals surface area (Å²) in [5, 5.41) is 2.68. The standard InChI is InChI=1S/C22H25ClN2O4S/c1-3-10-24(22(27)15-28-2)13-21(26)25-11-8-20-18(9-12-30-20)19(25)14-29-17-6-4-16(23)5-7-17/h3-7,9,12,19H,1,8,10-11,13-15H2,2H3/t19-/m1/s1. The monoisotopic (exact) mass is 448 g/mol. The van der Waals surface area contributed by atoms with Crippen LogP contribution in [0.4, 0.5) is 0 Å². The van der Waals surface area contributed by atoms with E-state index in [1.165, 1.54) is 16.9 Å². The van der Waals surface area contributed by atoms with Gasteiger partial charge in [-0.1, -0.05) is 17.7 Å². The molecule has 0 aliphatic carbocycles. The molecule has 2 aromatic rings. The maximum Gasteiger partial charge on any atom is 0.249 e. The summed E-state index contributed by atoms with van der Waals surface area (Å²) < 4.78 is 10.9. The van der Waals surface area contributed by atoms with E-state index in [2.05, 4.69) is 6.58 Å². The third-order valence-electron chi connectivity index (χ3n) is 4.93. The summed E-state index contributed by atoms with van der Waals surface area (Å²) in [5.74, 6) is 0.327. The highest BCUT2D eigenvalue weighted by atomic mass is 35.5. The first-order valence-corrected chi connectivity index (χ1v) is 10.9. The first-order valence-electron chi connectivity index (χ1n) is 9.65. The normalized spacial score (nSPS) is 15.4. The molecule has 0 saturated heterocycles. The van der Waals surface area contributed by atoms with E-state index in [-0.39, 0.29) is 37.6 Å². The van der Waals surface area contributed by atoms with Gasteiger partial charge in [0, 0.05) is 30.1 Å². The third-order valence-corrected chi connectivity index (χ3v) is 6.18. The number of carbonyl (C=O) groups excluding carboxylic acids is 2. The second-order valence-electron chi connectivity index (χ2n) is 6.91. The lowest BCUT2D eigenvalue weighted by Crippen LogP contribution is -2.48.